The first-order chi connectivity index (χ1) is 9.70. The molecule has 1 heterocycles. The summed E-state index contributed by atoms with van der Waals surface area (Å²) in [5, 5.41) is 3.07. The number of carbonyl (C=O) groups is 2. The number of fused-ring (bicyclic) bond motifs is 1. The molecule has 4 nitrogen and oxygen atoms in total. The van der Waals surface area contributed by atoms with Crippen molar-refractivity contribution in [2.24, 2.45) is 0 Å². The fraction of sp³-hybridized carbons (Fsp3) is 0.286. The summed E-state index contributed by atoms with van der Waals surface area (Å²) < 4.78 is 18.1. The molecule has 0 spiro atoms. The van der Waals surface area contributed by atoms with Gasteiger partial charge in [-0.1, -0.05) is 11.6 Å². The second kappa shape index (κ2) is 5.91. The van der Waals surface area contributed by atoms with Crippen molar-refractivity contribution < 1.29 is 18.9 Å². The minimum Gasteiger partial charge on any atom is -0.393 e. The van der Waals surface area contributed by atoms with Crippen LogP contribution in [0.15, 0.2) is 23.6 Å². The lowest BCUT2D eigenvalue weighted by Crippen LogP contribution is -2.18. The highest BCUT2D eigenvalue weighted by Crippen LogP contribution is 2.55. The predicted molar refractivity (Wildman–Crippen MR) is 85.8 cm³/mol. The average Bonchev–Trinajstić information content (AvgIpc) is 2.69. The molecule has 0 aliphatic rings. The minimum atomic E-state index is -2.86. The van der Waals surface area contributed by atoms with Gasteiger partial charge in [0.2, 0.25) is 0 Å². The van der Waals surface area contributed by atoms with E-state index in [4.69, 9.17) is 11.6 Å². The Hall–Kier alpha value is -1.16. The summed E-state index contributed by atoms with van der Waals surface area (Å²) >= 11 is 7.43. The monoisotopic (exact) mass is 344 g/mol. The molecule has 1 atom stereocenters. The Morgan fingerprint density at radius 2 is 2.00 bits per heavy atom. The Morgan fingerprint density at radius 3 is 2.57 bits per heavy atom. The number of benzene rings is 1. The summed E-state index contributed by atoms with van der Waals surface area (Å²) in [4.78, 5) is 23.2. The lowest BCUT2D eigenvalue weighted by molar-refractivity contribution is -0.157. The smallest absolute Gasteiger partial charge is 0.328 e. The molecule has 0 bridgehead atoms. The van der Waals surface area contributed by atoms with E-state index in [2.05, 4.69) is 4.74 Å². The summed E-state index contributed by atoms with van der Waals surface area (Å²) in [7, 11) is -2.86. The molecule has 2 rings (SSSR count). The van der Waals surface area contributed by atoms with Crippen LogP contribution in [0.4, 0.5) is 0 Å². The van der Waals surface area contributed by atoms with Crippen LogP contribution in [0.3, 0.4) is 0 Å². The Balaban J connectivity index is 2.59. The highest BCUT2D eigenvalue weighted by atomic mass is 35.5. The fourth-order valence-corrected chi connectivity index (χ4v) is 4.83. The van der Waals surface area contributed by atoms with Crippen LogP contribution < -0.4 is 0 Å². The van der Waals surface area contributed by atoms with Crippen LogP contribution in [-0.4, -0.2) is 25.3 Å². The number of hydrogen-bond donors (Lipinski definition) is 0. The van der Waals surface area contributed by atoms with E-state index in [1.165, 1.54) is 24.7 Å². The van der Waals surface area contributed by atoms with Gasteiger partial charge < -0.3 is 9.30 Å². The summed E-state index contributed by atoms with van der Waals surface area (Å²) in [6.45, 7) is 4.16. The molecular formula is C14H14ClO4PS. The molecule has 0 aliphatic heterocycles. The van der Waals surface area contributed by atoms with Crippen molar-refractivity contribution in [3.63, 3.8) is 0 Å². The molecule has 0 fully saturated rings. The van der Waals surface area contributed by atoms with Gasteiger partial charge in [0.05, 0.1) is 7.14 Å². The van der Waals surface area contributed by atoms with Crippen molar-refractivity contribution in [2.45, 2.75) is 12.6 Å². The number of esters is 2. The molecule has 0 aliphatic carbocycles. The van der Waals surface area contributed by atoms with Gasteiger partial charge in [-0.2, -0.15) is 0 Å². The molecule has 0 radical (unpaired) electrons. The van der Waals surface area contributed by atoms with E-state index >= 15 is 0 Å². The van der Waals surface area contributed by atoms with Gasteiger partial charge >= 0.3 is 11.9 Å². The summed E-state index contributed by atoms with van der Waals surface area (Å²) in [6, 6.07) is 5.33. The van der Waals surface area contributed by atoms with Gasteiger partial charge in [0.15, 0.2) is 0 Å². The van der Waals surface area contributed by atoms with Gasteiger partial charge in [0.1, 0.15) is 5.66 Å². The van der Waals surface area contributed by atoms with Crippen molar-refractivity contribution in [1.29, 1.82) is 0 Å². The molecular weight excluding hydrogens is 331 g/mol. The number of hydrogen-bond acceptors (Lipinski definition) is 5. The minimum absolute atomic E-state index is 0.530. The van der Waals surface area contributed by atoms with Crippen LogP contribution in [0.25, 0.3) is 10.1 Å². The first-order valence-corrected chi connectivity index (χ1v) is 10.1. The van der Waals surface area contributed by atoms with E-state index in [0.29, 0.717) is 10.6 Å². The van der Waals surface area contributed by atoms with Gasteiger partial charge in [0, 0.05) is 16.6 Å². The average molecular weight is 345 g/mol. The van der Waals surface area contributed by atoms with Crippen LogP contribution in [0.5, 0.6) is 0 Å². The van der Waals surface area contributed by atoms with Crippen LogP contribution in [0.1, 0.15) is 18.1 Å². The number of carbonyl (C=O) groups excluding carboxylic acids is 2. The summed E-state index contributed by atoms with van der Waals surface area (Å²) in [5.41, 5.74) is -0.370. The van der Waals surface area contributed by atoms with Crippen molar-refractivity contribution >= 4 is 52.1 Å². The number of thiophene rings is 1. The third-order valence-electron chi connectivity index (χ3n) is 2.95. The molecule has 1 aromatic heterocycles. The summed E-state index contributed by atoms with van der Waals surface area (Å²) in [6.07, 6.45) is 0. The highest BCUT2D eigenvalue weighted by Gasteiger charge is 2.36. The van der Waals surface area contributed by atoms with E-state index in [0.717, 1.165) is 17.0 Å². The fourth-order valence-electron chi connectivity index (χ4n) is 2.15. The predicted octanol–water partition coefficient (Wildman–Crippen LogP) is 4.31. The topological polar surface area (TPSA) is 60.4 Å². The third-order valence-corrected chi connectivity index (χ3v) is 5.90. The third kappa shape index (κ3) is 3.54. The molecule has 112 valence electrons. The van der Waals surface area contributed by atoms with E-state index < -0.39 is 24.7 Å². The van der Waals surface area contributed by atoms with Crippen LogP contribution in [0.2, 0.25) is 5.02 Å². The van der Waals surface area contributed by atoms with Crippen molar-refractivity contribution in [1.82, 2.24) is 0 Å². The first-order valence-electron chi connectivity index (χ1n) is 6.13. The van der Waals surface area contributed by atoms with E-state index in [1.54, 1.807) is 17.5 Å². The SMILES string of the molecule is CC(=O)OC(=O)C(c1csc2ccc(Cl)cc12)P(C)(C)=O. The molecule has 1 aromatic carbocycles. The van der Waals surface area contributed by atoms with Gasteiger partial charge in [-0.15, -0.1) is 11.3 Å². The standard InChI is InChI=1S/C14H14ClO4PS/c1-8(16)19-14(17)13(20(2,3)18)11-7-21-12-5-4-9(15)6-10(11)12/h4-7,13H,1-3H3. The molecule has 0 saturated heterocycles. The second-order valence-electron chi connectivity index (χ2n) is 5.08. The zero-order chi connectivity index (χ0) is 15.8. The summed E-state index contributed by atoms with van der Waals surface area (Å²) in [5.74, 6) is -1.49. The van der Waals surface area contributed by atoms with E-state index in [1.807, 2.05) is 6.07 Å². The zero-order valence-corrected chi connectivity index (χ0v) is 14.2. The largest absolute Gasteiger partial charge is 0.393 e. The maximum Gasteiger partial charge on any atom is 0.328 e. The zero-order valence-electron chi connectivity index (χ0n) is 11.8. The van der Waals surface area contributed by atoms with Crippen molar-refractivity contribution in [3.05, 3.63) is 34.2 Å². The number of halogens is 1. The van der Waals surface area contributed by atoms with Crippen molar-refractivity contribution in [2.75, 3.05) is 13.3 Å². The Morgan fingerprint density at radius 1 is 1.33 bits per heavy atom. The quantitative estimate of drug-likeness (QED) is 0.473. The van der Waals surface area contributed by atoms with Gasteiger partial charge in [-0.3, -0.25) is 9.59 Å². The maximum atomic E-state index is 12.5. The van der Waals surface area contributed by atoms with Gasteiger partial charge in [0.25, 0.3) is 0 Å². The number of rotatable bonds is 3. The van der Waals surface area contributed by atoms with Gasteiger partial charge in [-0.05, 0) is 47.9 Å². The lowest BCUT2D eigenvalue weighted by Gasteiger charge is -2.18. The molecule has 0 amide bonds. The van der Waals surface area contributed by atoms with Crippen LogP contribution in [0, 0.1) is 0 Å². The molecule has 1 unspecified atom stereocenters. The molecule has 0 N–H and O–H groups in total. The molecule has 0 saturated carbocycles. The van der Waals surface area contributed by atoms with E-state index in [-0.39, 0.29) is 0 Å². The highest BCUT2D eigenvalue weighted by molar-refractivity contribution is 7.63. The number of ether oxygens (including phenoxy) is 1. The second-order valence-corrected chi connectivity index (χ2v) is 9.81. The Labute approximate surface area is 131 Å². The Kier molecular flexibility index (Phi) is 4.57. The van der Waals surface area contributed by atoms with E-state index in [9.17, 15) is 14.2 Å². The Bertz CT molecular complexity index is 761. The molecule has 2 aromatic rings. The first kappa shape index (κ1) is 16.2. The van der Waals surface area contributed by atoms with Gasteiger partial charge in [-0.25, -0.2) is 0 Å². The molecule has 21 heavy (non-hydrogen) atoms. The van der Waals surface area contributed by atoms with Crippen LogP contribution >= 0.6 is 30.1 Å². The maximum absolute atomic E-state index is 12.5. The normalized spacial score (nSPS) is 13.1. The molecule has 7 heteroatoms. The van der Waals surface area contributed by atoms with Crippen molar-refractivity contribution in [3.8, 4) is 0 Å². The van der Waals surface area contributed by atoms with Crippen LogP contribution in [-0.2, 0) is 18.9 Å². The lowest BCUT2D eigenvalue weighted by atomic mass is 10.1.